The first-order valence-corrected chi connectivity index (χ1v) is 11.8. The number of amidine groups is 1. The molecular formula is C26H31FN4O. The predicted octanol–water partition coefficient (Wildman–Crippen LogP) is 5.24. The van der Waals surface area contributed by atoms with Gasteiger partial charge in [-0.2, -0.15) is 4.99 Å². The van der Waals surface area contributed by atoms with Gasteiger partial charge in [-0.15, -0.1) is 0 Å². The highest BCUT2D eigenvalue weighted by Gasteiger charge is 2.56. The van der Waals surface area contributed by atoms with Crippen molar-refractivity contribution < 1.29 is 9.18 Å². The fourth-order valence-electron chi connectivity index (χ4n) is 6.02. The van der Waals surface area contributed by atoms with Gasteiger partial charge in [0.05, 0.1) is 6.04 Å². The smallest absolute Gasteiger partial charge is 0.350 e. The SMILES string of the molecule is CCN1CC[C@@]2(C[C@@H]1C)C(N1CCCC1c1ccccc1)=NC(=O)N2c1cccc(F)c1. The normalized spacial score (nSPS) is 28.6. The number of rotatable bonds is 3. The largest absolute Gasteiger partial charge is 0.351 e. The van der Waals surface area contributed by atoms with Gasteiger partial charge in [-0.25, -0.2) is 9.18 Å². The summed E-state index contributed by atoms with van der Waals surface area (Å²) in [5.41, 5.74) is 1.31. The molecule has 0 bridgehead atoms. The number of carbonyl (C=O) groups excluding carboxylic acids is 1. The fourth-order valence-corrected chi connectivity index (χ4v) is 6.02. The summed E-state index contributed by atoms with van der Waals surface area (Å²) in [5, 5.41) is 0. The molecule has 1 unspecified atom stereocenters. The predicted molar refractivity (Wildman–Crippen MR) is 126 cm³/mol. The Kier molecular flexibility index (Phi) is 5.49. The van der Waals surface area contributed by atoms with E-state index in [1.807, 2.05) is 12.1 Å². The van der Waals surface area contributed by atoms with Gasteiger partial charge in [0.25, 0.3) is 0 Å². The minimum atomic E-state index is -0.548. The van der Waals surface area contributed by atoms with E-state index in [0.29, 0.717) is 11.7 Å². The molecule has 2 fully saturated rings. The number of amides is 2. The van der Waals surface area contributed by atoms with Crippen LogP contribution in [0.2, 0.25) is 0 Å². The van der Waals surface area contributed by atoms with E-state index in [9.17, 15) is 9.18 Å². The summed E-state index contributed by atoms with van der Waals surface area (Å²) in [6.45, 7) is 7.16. The number of nitrogens with zero attached hydrogens (tertiary/aromatic N) is 4. The molecule has 32 heavy (non-hydrogen) atoms. The minimum Gasteiger partial charge on any atom is -0.351 e. The van der Waals surface area contributed by atoms with E-state index in [0.717, 1.165) is 51.2 Å². The Morgan fingerprint density at radius 2 is 1.94 bits per heavy atom. The molecule has 2 amide bonds. The second kappa shape index (κ2) is 8.32. The number of hydrogen-bond acceptors (Lipinski definition) is 3. The molecule has 1 spiro atoms. The molecule has 3 heterocycles. The highest BCUT2D eigenvalue weighted by molar-refractivity contribution is 6.16. The van der Waals surface area contributed by atoms with E-state index >= 15 is 0 Å². The van der Waals surface area contributed by atoms with E-state index in [-0.39, 0.29) is 17.9 Å². The van der Waals surface area contributed by atoms with Crippen LogP contribution in [-0.4, -0.2) is 52.9 Å². The van der Waals surface area contributed by atoms with Crippen LogP contribution in [0.4, 0.5) is 14.9 Å². The van der Waals surface area contributed by atoms with Crippen molar-refractivity contribution in [3.8, 4) is 0 Å². The van der Waals surface area contributed by atoms with Crippen molar-refractivity contribution >= 4 is 17.6 Å². The zero-order valence-corrected chi connectivity index (χ0v) is 18.9. The quantitative estimate of drug-likeness (QED) is 0.663. The van der Waals surface area contributed by atoms with Gasteiger partial charge in [-0.05, 0) is 62.9 Å². The van der Waals surface area contributed by atoms with Crippen molar-refractivity contribution in [1.82, 2.24) is 9.80 Å². The van der Waals surface area contributed by atoms with Crippen molar-refractivity contribution in [2.45, 2.75) is 57.2 Å². The maximum atomic E-state index is 14.2. The monoisotopic (exact) mass is 434 g/mol. The summed E-state index contributed by atoms with van der Waals surface area (Å²) in [6, 6.07) is 17.2. The lowest BCUT2D eigenvalue weighted by Crippen LogP contribution is -2.63. The zero-order chi connectivity index (χ0) is 22.3. The first-order chi connectivity index (χ1) is 15.5. The molecule has 5 rings (SSSR count). The number of urea groups is 1. The van der Waals surface area contributed by atoms with Gasteiger partial charge in [0, 0.05) is 24.8 Å². The lowest BCUT2D eigenvalue weighted by molar-refractivity contribution is 0.132. The Bertz CT molecular complexity index is 1030. The third-order valence-corrected chi connectivity index (χ3v) is 7.49. The standard InChI is InChI=1S/C26H31FN4O/c1-3-29-16-14-26(18-19(29)2)24(28-25(32)31(26)22-12-7-11-21(27)17-22)30-15-8-13-23(30)20-9-5-4-6-10-20/h4-7,9-12,17,19,23H,3,8,13-16,18H2,1-2H3/t19-,23?,26+/m0/s1. The van der Waals surface area contributed by atoms with Crippen LogP contribution in [0.3, 0.4) is 0 Å². The Morgan fingerprint density at radius 3 is 2.66 bits per heavy atom. The van der Waals surface area contributed by atoms with Crippen molar-refractivity contribution in [2.75, 3.05) is 24.5 Å². The average Bonchev–Trinajstić information content (AvgIpc) is 3.37. The molecule has 5 nitrogen and oxygen atoms in total. The zero-order valence-electron chi connectivity index (χ0n) is 18.9. The molecule has 168 valence electrons. The summed E-state index contributed by atoms with van der Waals surface area (Å²) in [6.07, 6.45) is 3.70. The van der Waals surface area contributed by atoms with Crippen LogP contribution in [0, 0.1) is 5.82 Å². The van der Waals surface area contributed by atoms with Crippen LogP contribution < -0.4 is 4.90 Å². The van der Waals surface area contributed by atoms with Crippen LogP contribution in [0.1, 0.15) is 51.1 Å². The number of halogens is 1. The van der Waals surface area contributed by atoms with E-state index in [1.165, 1.54) is 17.7 Å². The average molecular weight is 435 g/mol. The second-order valence-electron chi connectivity index (χ2n) is 9.26. The number of anilines is 1. The van der Waals surface area contributed by atoms with Gasteiger partial charge >= 0.3 is 6.03 Å². The molecule has 0 aromatic heterocycles. The van der Waals surface area contributed by atoms with E-state index in [2.05, 4.69) is 52.9 Å². The lowest BCUT2D eigenvalue weighted by atomic mass is 9.80. The Morgan fingerprint density at radius 1 is 1.12 bits per heavy atom. The van der Waals surface area contributed by atoms with Gasteiger partial charge < -0.3 is 9.80 Å². The lowest BCUT2D eigenvalue weighted by Gasteiger charge is -2.49. The van der Waals surface area contributed by atoms with Crippen LogP contribution in [-0.2, 0) is 0 Å². The molecule has 2 aromatic rings. The van der Waals surface area contributed by atoms with Crippen LogP contribution >= 0.6 is 0 Å². The molecule has 3 aliphatic rings. The number of aliphatic imine (C=N–C) groups is 1. The van der Waals surface area contributed by atoms with Gasteiger partial charge in [-0.3, -0.25) is 4.90 Å². The van der Waals surface area contributed by atoms with Crippen LogP contribution in [0.25, 0.3) is 0 Å². The molecule has 0 aliphatic carbocycles. The topological polar surface area (TPSA) is 39.1 Å². The maximum Gasteiger partial charge on any atom is 0.350 e. The van der Waals surface area contributed by atoms with Crippen LogP contribution in [0.5, 0.6) is 0 Å². The number of piperidine rings is 1. The molecule has 3 aliphatic heterocycles. The van der Waals surface area contributed by atoms with Crippen molar-refractivity contribution in [3.63, 3.8) is 0 Å². The second-order valence-corrected chi connectivity index (χ2v) is 9.26. The molecule has 3 atom stereocenters. The minimum absolute atomic E-state index is 0.214. The number of hydrogen-bond donors (Lipinski definition) is 0. The summed E-state index contributed by atoms with van der Waals surface area (Å²) < 4.78 is 14.2. The van der Waals surface area contributed by atoms with Crippen LogP contribution in [0.15, 0.2) is 59.6 Å². The summed E-state index contributed by atoms with van der Waals surface area (Å²) in [7, 11) is 0. The molecule has 0 N–H and O–H groups in total. The summed E-state index contributed by atoms with van der Waals surface area (Å²) >= 11 is 0. The van der Waals surface area contributed by atoms with Crippen molar-refractivity contribution in [3.05, 3.63) is 66.0 Å². The highest BCUT2D eigenvalue weighted by atomic mass is 19.1. The first-order valence-electron chi connectivity index (χ1n) is 11.8. The van der Waals surface area contributed by atoms with Gasteiger partial charge in [0.2, 0.25) is 0 Å². The Balaban J connectivity index is 1.58. The number of likely N-dealkylation sites (tertiary alicyclic amines) is 2. The summed E-state index contributed by atoms with van der Waals surface area (Å²) in [5.74, 6) is 0.544. The van der Waals surface area contributed by atoms with Gasteiger partial charge in [-0.1, -0.05) is 43.3 Å². The van der Waals surface area contributed by atoms with Gasteiger partial charge in [0.15, 0.2) is 0 Å². The maximum absolute atomic E-state index is 14.2. The van der Waals surface area contributed by atoms with E-state index in [1.54, 1.807) is 11.0 Å². The molecule has 6 heteroatoms. The fraction of sp³-hybridized carbons (Fsp3) is 0.462. The van der Waals surface area contributed by atoms with Gasteiger partial charge in [0.1, 0.15) is 17.2 Å². The molecule has 2 aromatic carbocycles. The first kappa shape index (κ1) is 21.1. The van der Waals surface area contributed by atoms with E-state index < -0.39 is 5.54 Å². The third kappa shape index (κ3) is 3.41. The molecule has 0 saturated carbocycles. The van der Waals surface area contributed by atoms with Crippen molar-refractivity contribution in [2.24, 2.45) is 4.99 Å². The number of carbonyl (C=O) groups is 1. The highest BCUT2D eigenvalue weighted by Crippen LogP contribution is 2.45. The molecule has 0 radical (unpaired) electrons. The Labute approximate surface area is 189 Å². The van der Waals surface area contributed by atoms with Crippen molar-refractivity contribution in [1.29, 1.82) is 0 Å². The van der Waals surface area contributed by atoms with E-state index in [4.69, 9.17) is 0 Å². The third-order valence-electron chi connectivity index (χ3n) is 7.49. The Hall–Kier alpha value is -2.73. The number of benzene rings is 2. The molecule has 2 saturated heterocycles. The molecular weight excluding hydrogens is 403 g/mol. The summed E-state index contributed by atoms with van der Waals surface area (Å²) in [4.78, 5) is 24.7.